The number of carbonyl (C=O) groups excluding carboxylic acids is 1. The van der Waals surface area contributed by atoms with Crippen LogP contribution in [0.4, 0.5) is 5.69 Å². The Morgan fingerprint density at radius 1 is 1.22 bits per heavy atom. The molecular formula is C19H26N2O2. The Hall–Kier alpha value is -2.23. The van der Waals surface area contributed by atoms with Gasteiger partial charge in [-0.1, -0.05) is 6.07 Å². The van der Waals surface area contributed by atoms with Gasteiger partial charge in [0, 0.05) is 48.8 Å². The van der Waals surface area contributed by atoms with Crippen LogP contribution in [0.3, 0.4) is 0 Å². The molecular weight excluding hydrogens is 288 g/mol. The smallest absolute Gasteiger partial charge is 0.202 e. The number of ketones is 1. The standard InChI is InChI=1S/C19H26N2O2/c1-13(2)21-14(3)10-18(15(21)4)19(22)12-23-17-9-7-8-16(11-17)20(5)6/h7-11,13H,12H2,1-6H3. The number of rotatable bonds is 6. The van der Waals surface area contributed by atoms with E-state index < -0.39 is 0 Å². The second-order valence-corrected chi connectivity index (χ2v) is 6.35. The molecule has 124 valence electrons. The van der Waals surface area contributed by atoms with Gasteiger partial charge in [-0.2, -0.15) is 0 Å². The first-order valence-corrected chi connectivity index (χ1v) is 7.93. The highest BCUT2D eigenvalue weighted by Gasteiger charge is 2.17. The van der Waals surface area contributed by atoms with Crippen LogP contribution >= 0.6 is 0 Å². The molecule has 0 amide bonds. The van der Waals surface area contributed by atoms with E-state index in [1.165, 1.54) is 0 Å². The lowest BCUT2D eigenvalue weighted by Gasteiger charge is -2.14. The summed E-state index contributed by atoms with van der Waals surface area (Å²) in [6.07, 6.45) is 0. The second-order valence-electron chi connectivity index (χ2n) is 6.35. The minimum atomic E-state index is 0.0141. The average Bonchev–Trinajstić information content (AvgIpc) is 2.80. The number of nitrogens with zero attached hydrogens (tertiary/aromatic N) is 2. The van der Waals surface area contributed by atoms with E-state index in [4.69, 9.17) is 4.74 Å². The summed E-state index contributed by atoms with van der Waals surface area (Å²) in [7, 11) is 3.95. The van der Waals surface area contributed by atoms with Gasteiger partial charge in [0.2, 0.25) is 5.78 Å². The summed E-state index contributed by atoms with van der Waals surface area (Å²) in [6, 6.07) is 10.0. The van der Waals surface area contributed by atoms with Gasteiger partial charge >= 0.3 is 0 Å². The first kappa shape index (κ1) is 17.1. The fraction of sp³-hybridized carbons (Fsp3) is 0.421. The van der Waals surface area contributed by atoms with Gasteiger partial charge in [-0.25, -0.2) is 0 Å². The van der Waals surface area contributed by atoms with E-state index >= 15 is 0 Å². The van der Waals surface area contributed by atoms with Gasteiger partial charge in [0.15, 0.2) is 6.61 Å². The van der Waals surface area contributed by atoms with Crippen molar-refractivity contribution in [3.63, 3.8) is 0 Å². The van der Waals surface area contributed by atoms with Crippen LogP contribution in [-0.2, 0) is 0 Å². The second kappa shape index (κ2) is 6.90. The molecule has 0 saturated carbocycles. The quantitative estimate of drug-likeness (QED) is 0.756. The number of aromatic nitrogens is 1. The van der Waals surface area contributed by atoms with Crippen LogP contribution in [0.2, 0.25) is 0 Å². The fourth-order valence-corrected chi connectivity index (χ4v) is 2.93. The number of hydrogen-bond donors (Lipinski definition) is 0. The van der Waals surface area contributed by atoms with Crippen molar-refractivity contribution in [3.8, 4) is 5.75 Å². The summed E-state index contributed by atoms with van der Waals surface area (Å²) in [5.74, 6) is 0.725. The van der Waals surface area contributed by atoms with Gasteiger partial charge in [-0.15, -0.1) is 0 Å². The van der Waals surface area contributed by atoms with Gasteiger partial charge in [0.25, 0.3) is 0 Å². The minimum Gasteiger partial charge on any atom is -0.485 e. The first-order chi connectivity index (χ1) is 10.8. The maximum absolute atomic E-state index is 12.5. The third-order valence-corrected chi connectivity index (χ3v) is 4.01. The average molecular weight is 314 g/mol. The van der Waals surface area contributed by atoms with Crippen LogP contribution in [0.5, 0.6) is 5.75 Å². The Bertz CT molecular complexity index is 699. The van der Waals surface area contributed by atoms with Crippen LogP contribution in [-0.4, -0.2) is 31.1 Å². The number of hydrogen-bond acceptors (Lipinski definition) is 3. The van der Waals surface area contributed by atoms with E-state index in [-0.39, 0.29) is 12.4 Å². The highest BCUT2D eigenvalue weighted by atomic mass is 16.5. The number of carbonyl (C=O) groups is 1. The van der Waals surface area contributed by atoms with Crippen LogP contribution in [0.15, 0.2) is 30.3 Å². The molecule has 4 nitrogen and oxygen atoms in total. The van der Waals surface area contributed by atoms with Gasteiger partial charge in [-0.3, -0.25) is 4.79 Å². The summed E-state index contributed by atoms with van der Waals surface area (Å²) in [5, 5.41) is 0. The lowest BCUT2D eigenvalue weighted by Crippen LogP contribution is -2.14. The molecule has 0 aliphatic carbocycles. The summed E-state index contributed by atoms with van der Waals surface area (Å²) in [6.45, 7) is 8.33. The van der Waals surface area contributed by atoms with E-state index in [1.54, 1.807) is 0 Å². The van der Waals surface area contributed by atoms with Gasteiger partial charge in [-0.05, 0) is 45.9 Å². The van der Waals surface area contributed by atoms with Crippen LogP contribution in [0.1, 0.15) is 41.6 Å². The maximum Gasteiger partial charge on any atom is 0.202 e. The van der Waals surface area contributed by atoms with Gasteiger partial charge in [0.05, 0.1) is 0 Å². The first-order valence-electron chi connectivity index (χ1n) is 7.93. The third-order valence-electron chi connectivity index (χ3n) is 4.01. The Kier molecular flexibility index (Phi) is 5.14. The Balaban J connectivity index is 2.11. The van der Waals surface area contributed by atoms with Crippen LogP contribution in [0.25, 0.3) is 0 Å². The molecule has 2 aromatic rings. The third kappa shape index (κ3) is 3.76. The molecule has 0 N–H and O–H groups in total. The minimum absolute atomic E-state index is 0.0141. The fourth-order valence-electron chi connectivity index (χ4n) is 2.93. The predicted octanol–water partition coefficient (Wildman–Crippen LogP) is 4.01. The highest BCUT2D eigenvalue weighted by Crippen LogP contribution is 2.22. The van der Waals surface area contributed by atoms with E-state index in [1.807, 2.05) is 63.2 Å². The molecule has 2 rings (SSSR count). The number of ether oxygens (including phenoxy) is 1. The topological polar surface area (TPSA) is 34.5 Å². The summed E-state index contributed by atoms with van der Waals surface area (Å²) < 4.78 is 7.87. The van der Waals surface area contributed by atoms with Crippen molar-refractivity contribution in [2.45, 2.75) is 33.7 Å². The van der Waals surface area contributed by atoms with Gasteiger partial charge < -0.3 is 14.2 Å². The largest absolute Gasteiger partial charge is 0.485 e. The number of aryl methyl sites for hydroxylation is 1. The lowest BCUT2D eigenvalue weighted by atomic mass is 10.1. The molecule has 1 heterocycles. The maximum atomic E-state index is 12.5. The molecule has 0 saturated heterocycles. The van der Waals surface area contributed by atoms with Gasteiger partial charge in [0.1, 0.15) is 5.75 Å². The zero-order chi connectivity index (χ0) is 17.1. The molecule has 0 aliphatic rings. The van der Waals surface area contributed by atoms with Crippen molar-refractivity contribution in [1.29, 1.82) is 0 Å². The molecule has 1 aromatic heterocycles. The normalized spacial score (nSPS) is 10.9. The van der Waals surface area contributed by atoms with E-state index in [2.05, 4.69) is 18.4 Å². The van der Waals surface area contributed by atoms with Crippen molar-refractivity contribution in [2.24, 2.45) is 0 Å². The monoisotopic (exact) mass is 314 g/mol. The SMILES string of the molecule is Cc1cc(C(=O)COc2cccc(N(C)C)c2)c(C)n1C(C)C. The molecule has 0 unspecified atom stereocenters. The zero-order valence-electron chi connectivity index (χ0n) is 14.9. The van der Waals surface area contributed by atoms with Crippen molar-refractivity contribution < 1.29 is 9.53 Å². The molecule has 0 aliphatic heterocycles. The molecule has 0 radical (unpaired) electrons. The predicted molar refractivity (Wildman–Crippen MR) is 94.9 cm³/mol. The number of anilines is 1. The molecule has 1 aromatic carbocycles. The highest BCUT2D eigenvalue weighted by molar-refractivity contribution is 5.98. The Morgan fingerprint density at radius 2 is 1.91 bits per heavy atom. The number of Topliss-reactive ketones (excluding diaryl/α,β-unsaturated/α-hetero) is 1. The van der Waals surface area contributed by atoms with E-state index in [9.17, 15) is 4.79 Å². The molecule has 0 spiro atoms. The van der Waals surface area contributed by atoms with Crippen LogP contribution in [0, 0.1) is 13.8 Å². The summed E-state index contributed by atoms with van der Waals surface area (Å²) >= 11 is 0. The Labute approximate surface area is 138 Å². The molecule has 0 atom stereocenters. The lowest BCUT2D eigenvalue weighted by molar-refractivity contribution is 0.0921. The molecule has 23 heavy (non-hydrogen) atoms. The van der Waals surface area contributed by atoms with Crippen molar-refractivity contribution in [3.05, 3.63) is 47.3 Å². The van der Waals surface area contributed by atoms with Crippen molar-refractivity contribution in [1.82, 2.24) is 4.57 Å². The van der Waals surface area contributed by atoms with Crippen molar-refractivity contribution >= 4 is 11.5 Å². The number of benzene rings is 1. The molecule has 0 fully saturated rings. The summed E-state index contributed by atoms with van der Waals surface area (Å²) in [4.78, 5) is 14.5. The Morgan fingerprint density at radius 3 is 2.48 bits per heavy atom. The molecule has 0 bridgehead atoms. The molecule has 4 heteroatoms. The van der Waals surface area contributed by atoms with E-state index in [0.29, 0.717) is 11.8 Å². The summed E-state index contributed by atoms with van der Waals surface area (Å²) in [5.41, 5.74) is 3.91. The van der Waals surface area contributed by atoms with E-state index in [0.717, 1.165) is 22.6 Å². The zero-order valence-corrected chi connectivity index (χ0v) is 14.9. The van der Waals surface area contributed by atoms with Crippen molar-refractivity contribution in [2.75, 3.05) is 25.6 Å². The van der Waals surface area contributed by atoms with Crippen LogP contribution < -0.4 is 9.64 Å².